The minimum atomic E-state index is -0.753. The molecule has 7 nitrogen and oxygen atoms in total. The molecule has 2 aromatic carbocycles. The van der Waals surface area contributed by atoms with Gasteiger partial charge in [0.1, 0.15) is 0 Å². The van der Waals surface area contributed by atoms with Crippen LogP contribution in [-0.4, -0.2) is 34.9 Å². The van der Waals surface area contributed by atoms with Gasteiger partial charge in [0.05, 0.1) is 41.7 Å². The van der Waals surface area contributed by atoms with Gasteiger partial charge in [-0.05, 0) is 49.9 Å². The average molecular weight is 607 g/mol. The molecule has 0 bridgehead atoms. The van der Waals surface area contributed by atoms with E-state index in [2.05, 4.69) is 21.2 Å². The van der Waals surface area contributed by atoms with Gasteiger partial charge in [-0.15, -0.1) is 0 Å². The summed E-state index contributed by atoms with van der Waals surface area (Å²) >= 11 is 3.51. The number of rotatable bonds is 9. The number of aromatic nitrogens is 2. The molecular weight excluding hydrogens is 570 g/mol. The van der Waals surface area contributed by atoms with Gasteiger partial charge < -0.3 is 14.8 Å². The van der Waals surface area contributed by atoms with E-state index in [-0.39, 0.29) is 25.0 Å². The molecule has 8 heteroatoms. The lowest BCUT2D eigenvalue weighted by atomic mass is 9.79. The zero-order chi connectivity index (χ0) is 29.0. The smallest absolute Gasteiger partial charge is 0.336 e. The van der Waals surface area contributed by atoms with E-state index in [4.69, 9.17) is 14.6 Å². The Morgan fingerprint density at radius 2 is 1.40 bits per heavy atom. The van der Waals surface area contributed by atoms with Crippen LogP contribution in [0.25, 0.3) is 16.9 Å². The summed E-state index contributed by atoms with van der Waals surface area (Å²) in [6, 6.07) is 17.6. The fraction of sp³-hybridized carbons (Fsp3) is 0.344. The van der Waals surface area contributed by atoms with E-state index in [1.807, 2.05) is 102 Å². The summed E-state index contributed by atoms with van der Waals surface area (Å²) in [6.45, 7) is 12.1. The first kappa shape index (κ1) is 29.3. The lowest BCUT2D eigenvalue weighted by Crippen LogP contribution is -2.33. The van der Waals surface area contributed by atoms with E-state index in [1.54, 1.807) is 4.68 Å². The number of benzene rings is 2. The van der Waals surface area contributed by atoms with Gasteiger partial charge in [-0.1, -0.05) is 74.0 Å². The van der Waals surface area contributed by atoms with Crippen LogP contribution in [0.1, 0.15) is 53.0 Å². The summed E-state index contributed by atoms with van der Waals surface area (Å²) in [5.41, 5.74) is 5.08. The number of esters is 2. The number of allylic oxidation sites excluding steroid dienone is 2. The van der Waals surface area contributed by atoms with Crippen molar-refractivity contribution < 1.29 is 19.1 Å². The van der Waals surface area contributed by atoms with Crippen LogP contribution in [-0.2, 0) is 19.1 Å². The number of para-hydroxylation sites is 1. The third-order valence-corrected chi connectivity index (χ3v) is 7.02. The van der Waals surface area contributed by atoms with Crippen molar-refractivity contribution in [1.82, 2.24) is 15.1 Å². The summed E-state index contributed by atoms with van der Waals surface area (Å²) in [5, 5.41) is 8.22. The lowest BCUT2D eigenvalue weighted by molar-refractivity contribution is -0.141. The molecule has 0 fully saturated rings. The molecule has 0 radical (unpaired) electrons. The Bertz CT molecular complexity index is 1390. The highest BCUT2D eigenvalue weighted by molar-refractivity contribution is 9.10. The summed E-state index contributed by atoms with van der Waals surface area (Å²) in [7, 11) is 0. The molecule has 0 unspecified atom stereocenters. The van der Waals surface area contributed by atoms with E-state index in [0.717, 1.165) is 15.7 Å². The van der Waals surface area contributed by atoms with Crippen molar-refractivity contribution in [2.24, 2.45) is 11.8 Å². The van der Waals surface area contributed by atoms with Crippen molar-refractivity contribution in [1.29, 1.82) is 0 Å². The Morgan fingerprint density at radius 1 is 0.875 bits per heavy atom. The van der Waals surface area contributed by atoms with Gasteiger partial charge in [0.25, 0.3) is 0 Å². The predicted octanol–water partition coefficient (Wildman–Crippen LogP) is 6.94. The number of nitrogens with zero attached hydrogens (tertiary/aromatic N) is 2. The van der Waals surface area contributed by atoms with Crippen LogP contribution in [0.5, 0.6) is 0 Å². The lowest BCUT2D eigenvalue weighted by Gasteiger charge is -2.30. The first-order valence-electron chi connectivity index (χ1n) is 13.5. The number of hydrogen-bond donors (Lipinski definition) is 1. The molecule has 1 aromatic heterocycles. The first-order valence-corrected chi connectivity index (χ1v) is 14.3. The van der Waals surface area contributed by atoms with Crippen LogP contribution in [0, 0.1) is 11.8 Å². The Hall–Kier alpha value is -3.65. The first-order chi connectivity index (χ1) is 19.1. The molecule has 0 spiro atoms. The van der Waals surface area contributed by atoms with Crippen LogP contribution in [0.3, 0.4) is 0 Å². The Kier molecular flexibility index (Phi) is 9.30. The van der Waals surface area contributed by atoms with Crippen molar-refractivity contribution in [3.05, 3.63) is 93.4 Å². The average Bonchev–Trinajstić information content (AvgIpc) is 3.36. The number of carbonyl (C=O) groups excluding carboxylic acids is 2. The Balaban J connectivity index is 1.95. The van der Waals surface area contributed by atoms with Crippen LogP contribution in [0.2, 0.25) is 0 Å². The third-order valence-electron chi connectivity index (χ3n) is 6.49. The zero-order valence-corrected chi connectivity index (χ0v) is 25.4. The van der Waals surface area contributed by atoms with Crippen LogP contribution in [0.15, 0.2) is 87.8 Å². The number of halogens is 1. The molecule has 1 aliphatic heterocycles. The number of carbonyl (C=O) groups is 2. The molecule has 0 saturated heterocycles. The molecule has 0 aliphatic carbocycles. The van der Waals surface area contributed by atoms with Gasteiger partial charge in [-0.25, -0.2) is 14.3 Å². The normalized spacial score (nSPS) is 14.1. The second-order valence-corrected chi connectivity index (χ2v) is 11.8. The largest absolute Gasteiger partial charge is 0.462 e. The third kappa shape index (κ3) is 6.55. The van der Waals surface area contributed by atoms with Crippen molar-refractivity contribution in [3.8, 4) is 16.9 Å². The molecule has 1 N–H and O–H groups in total. The van der Waals surface area contributed by atoms with Gasteiger partial charge in [0.2, 0.25) is 0 Å². The summed E-state index contributed by atoms with van der Waals surface area (Å²) in [6.07, 6.45) is 1.90. The van der Waals surface area contributed by atoms with E-state index in [1.165, 1.54) is 0 Å². The molecular formula is C32H36BrN3O4. The van der Waals surface area contributed by atoms with E-state index in [0.29, 0.717) is 33.8 Å². The molecule has 3 aromatic rings. The van der Waals surface area contributed by atoms with Crippen molar-refractivity contribution in [2.45, 2.75) is 47.5 Å². The highest BCUT2D eigenvalue weighted by atomic mass is 79.9. The van der Waals surface area contributed by atoms with Crippen LogP contribution in [0.4, 0.5) is 0 Å². The maximum atomic E-state index is 13.7. The maximum absolute atomic E-state index is 13.7. The number of nitrogens with one attached hydrogen (secondary N) is 1. The fourth-order valence-corrected chi connectivity index (χ4v) is 4.89. The van der Waals surface area contributed by atoms with Gasteiger partial charge in [0.15, 0.2) is 0 Å². The number of ether oxygens (including phenoxy) is 2. The van der Waals surface area contributed by atoms with E-state index >= 15 is 0 Å². The van der Waals surface area contributed by atoms with Gasteiger partial charge in [0, 0.05) is 33.2 Å². The van der Waals surface area contributed by atoms with Gasteiger partial charge >= 0.3 is 11.9 Å². The predicted molar refractivity (Wildman–Crippen MR) is 160 cm³/mol. The van der Waals surface area contributed by atoms with Crippen molar-refractivity contribution >= 4 is 27.9 Å². The molecule has 0 atom stereocenters. The Labute approximate surface area is 244 Å². The molecule has 0 saturated carbocycles. The zero-order valence-electron chi connectivity index (χ0n) is 23.8. The second-order valence-electron chi connectivity index (χ2n) is 10.8. The summed E-state index contributed by atoms with van der Waals surface area (Å²) < 4.78 is 14.2. The molecule has 2 heterocycles. The molecule has 1 aliphatic rings. The van der Waals surface area contributed by atoms with Gasteiger partial charge in [-0.3, -0.25) is 0 Å². The quantitative estimate of drug-likeness (QED) is 0.266. The van der Waals surface area contributed by atoms with Gasteiger partial charge in [-0.2, -0.15) is 5.10 Å². The standard InChI is InChI=1S/C32H36BrN3O4/c1-19(2)17-39-31(37)27-21(5)34-22(6)28(32(38)40-18-20(3)4)29(27)26-16-36(25-10-8-7-9-11-25)35-30(26)23-12-14-24(33)15-13-23/h7-16,19-20,29,34H,17-18H2,1-6H3. The molecule has 40 heavy (non-hydrogen) atoms. The molecule has 210 valence electrons. The highest BCUT2D eigenvalue weighted by Gasteiger charge is 2.40. The summed E-state index contributed by atoms with van der Waals surface area (Å²) in [4.78, 5) is 27.4. The molecule has 4 rings (SSSR count). The molecule has 0 amide bonds. The fourth-order valence-electron chi connectivity index (χ4n) is 4.63. The minimum absolute atomic E-state index is 0.159. The SMILES string of the molecule is CC1=C(C(=O)OCC(C)C)C(c2cn(-c3ccccc3)nc2-c2ccc(Br)cc2)C(C(=O)OCC(C)C)=C(C)N1. The minimum Gasteiger partial charge on any atom is -0.462 e. The number of hydrogen-bond acceptors (Lipinski definition) is 6. The van der Waals surface area contributed by atoms with Crippen LogP contribution >= 0.6 is 15.9 Å². The number of dihydropyridines is 1. The second kappa shape index (κ2) is 12.7. The monoisotopic (exact) mass is 605 g/mol. The maximum Gasteiger partial charge on any atom is 0.336 e. The van der Waals surface area contributed by atoms with E-state index < -0.39 is 17.9 Å². The Morgan fingerprint density at radius 3 is 1.90 bits per heavy atom. The topological polar surface area (TPSA) is 82.5 Å². The van der Waals surface area contributed by atoms with Crippen molar-refractivity contribution in [2.75, 3.05) is 13.2 Å². The van der Waals surface area contributed by atoms with Crippen molar-refractivity contribution in [3.63, 3.8) is 0 Å². The summed E-state index contributed by atoms with van der Waals surface area (Å²) in [5.74, 6) is -1.38. The van der Waals surface area contributed by atoms with Crippen LogP contribution < -0.4 is 5.32 Å². The highest BCUT2D eigenvalue weighted by Crippen LogP contribution is 2.43. The van der Waals surface area contributed by atoms with E-state index in [9.17, 15) is 9.59 Å².